The molecule has 0 aliphatic rings. The van der Waals surface area contributed by atoms with E-state index in [1.807, 2.05) is 41.5 Å². The monoisotopic (exact) mass is 277 g/mol. The predicted octanol–water partition coefficient (Wildman–Crippen LogP) is 4.12. The number of benzene rings is 1. The van der Waals surface area contributed by atoms with Crippen LogP contribution in [0.2, 0.25) is 0 Å². The summed E-state index contributed by atoms with van der Waals surface area (Å²) in [5, 5.41) is 4.44. The first-order valence-electron chi connectivity index (χ1n) is 7.25. The summed E-state index contributed by atoms with van der Waals surface area (Å²) in [5.41, 5.74) is 4.89. The van der Waals surface area contributed by atoms with Gasteiger partial charge in [0.15, 0.2) is 0 Å². The van der Waals surface area contributed by atoms with Gasteiger partial charge < -0.3 is 0 Å². The van der Waals surface area contributed by atoms with E-state index in [2.05, 4.69) is 48.2 Å². The maximum absolute atomic E-state index is 4.44. The van der Waals surface area contributed by atoms with Gasteiger partial charge in [-0.15, -0.1) is 0 Å². The Labute approximate surface area is 125 Å². The molecule has 0 atom stereocenters. The number of nitrogens with zero attached hydrogens (tertiary/aromatic N) is 3. The lowest BCUT2D eigenvalue weighted by atomic mass is 10.0. The van der Waals surface area contributed by atoms with E-state index in [0.717, 1.165) is 17.8 Å². The molecule has 0 saturated heterocycles. The average Bonchev–Trinajstić information content (AvgIpc) is 2.97. The van der Waals surface area contributed by atoms with Crippen molar-refractivity contribution in [1.82, 2.24) is 14.8 Å². The maximum Gasteiger partial charge on any atom is 0.0687 e. The standard InChI is InChI=1S/C18H19N3/c1-14(2)16-5-3-15(4-6-16)13-21-18(9-12-20-21)17-7-10-19-11-8-17/h3-12,14H,13H2,1-2H3. The number of hydrogen-bond acceptors (Lipinski definition) is 2. The fraction of sp³-hybridized carbons (Fsp3) is 0.222. The normalized spacial score (nSPS) is 11.0. The Morgan fingerprint density at radius 3 is 2.29 bits per heavy atom. The zero-order chi connectivity index (χ0) is 14.7. The maximum atomic E-state index is 4.44. The summed E-state index contributed by atoms with van der Waals surface area (Å²) in [5.74, 6) is 0.566. The van der Waals surface area contributed by atoms with Gasteiger partial charge in [-0.25, -0.2) is 0 Å². The molecule has 21 heavy (non-hydrogen) atoms. The summed E-state index contributed by atoms with van der Waals surface area (Å²) in [4.78, 5) is 4.07. The first-order valence-corrected chi connectivity index (χ1v) is 7.25. The molecule has 0 fully saturated rings. The second kappa shape index (κ2) is 5.92. The largest absolute Gasteiger partial charge is 0.265 e. The fourth-order valence-corrected chi connectivity index (χ4v) is 2.41. The first kappa shape index (κ1) is 13.6. The van der Waals surface area contributed by atoms with Gasteiger partial charge >= 0.3 is 0 Å². The lowest BCUT2D eigenvalue weighted by molar-refractivity contribution is 0.693. The van der Waals surface area contributed by atoms with Gasteiger partial charge in [-0.2, -0.15) is 5.10 Å². The second-order valence-corrected chi connectivity index (χ2v) is 5.51. The van der Waals surface area contributed by atoms with Crippen LogP contribution in [-0.4, -0.2) is 14.8 Å². The fourth-order valence-electron chi connectivity index (χ4n) is 2.41. The lowest BCUT2D eigenvalue weighted by Gasteiger charge is -2.10. The van der Waals surface area contributed by atoms with Crippen molar-refractivity contribution in [3.8, 4) is 11.3 Å². The predicted molar refractivity (Wildman–Crippen MR) is 85.1 cm³/mol. The molecule has 3 nitrogen and oxygen atoms in total. The Balaban J connectivity index is 1.84. The SMILES string of the molecule is CC(C)c1ccc(Cn2nccc2-c2ccncc2)cc1. The molecule has 1 aromatic carbocycles. The molecular weight excluding hydrogens is 258 g/mol. The van der Waals surface area contributed by atoms with Crippen LogP contribution >= 0.6 is 0 Å². The third-order valence-corrected chi connectivity index (χ3v) is 3.67. The van der Waals surface area contributed by atoms with Crippen LogP contribution in [-0.2, 0) is 6.54 Å². The molecule has 2 heterocycles. The van der Waals surface area contributed by atoms with Crippen molar-refractivity contribution in [3.05, 3.63) is 72.2 Å². The molecule has 0 saturated carbocycles. The van der Waals surface area contributed by atoms with E-state index in [4.69, 9.17) is 0 Å². The van der Waals surface area contributed by atoms with E-state index in [1.54, 1.807) is 0 Å². The van der Waals surface area contributed by atoms with Gasteiger partial charge in [0, 0.05) is 24.2 Å². The Kier molecular flexibility index (Phi) is 3.82. The second-order valence-electron chi connectivity index (χ2n) is 5.51. The molecule has 106 valence electrons. The number of pyridine rings is 1. The minimum Gasteiger partial charge on any atom is -0.265 e. The van der Waals surface area contributed by atoms with Crippen LogP contribution in [0.5, 0.6) is 0 Å². The highest BCUT2D eigenvalue weighted by Crippen LogP contribution is 2.20. The average molecular weight is 277 g/mol. The van der Waals surface area contributed by atoms with Crippen LogP contribution in [0.1, 0.15) is 30.9 Å². The Morgan fingerprint density at radius 2 is 1.62 bits per heavy atom. The molecule has 0 bridgehead atoms. The number of rotatable bonds is 4. The lowest BCUT2D eigenvalue weighted by Crippen LogP contribution is -2.03. The van der Waals surface area contributed by atoms with Crippen LogP contribution in [0.15, 0.2) is 61.1 Å². The first-order chi connectivity index (χ1) is 10.2. The molecule has 0 N–H and O–H groups in total. The topological polar surface area (TPSA) is 30.7 Å². The molecule has 0 radical (unpaired) electrons. The molecule has 0 spiro atoms. The van der Waals surface area contributed by atoms with E-state index in [9.17, 15) is 0 Å². The number of aromatic nitrogens is 3. The van der Waals surface area contributed by atoms with Crippen molar-refractivity contribution in [2.75, 3.05) is 0 Å². The van der Waals surface area contributed by atoms with Gasteiger partial charge in [0.2, 0.25) is 0 Å². The summed E-state index contributed by atoms with van der Waals surface area (Å²) in [6, 6.07) is 14.8. The summed E-state index contributed by atoms with van der Waals surface area (Å²) < 4.78 is 2.03. The van der Waals surface area contributed by atoms with Gasteiger partial charge in [-0.3, -0.25) is 9.67 Å². The van der Waals surface area contributed by atoms with Gasteiger partial charge in [-0.1, -0.05) is 38.1 Å². The molecule has 0 amide bonds. The molecule has 3 aromatic rings. The van der Waals surface area contributed by atoms with E-state index >= 15 is 0 Å². The number of hydrogen-bond donors (Lipinski definition) is 0. The minimum atomic E-state index is 0.566. The zero-order valence-corrected chi connectivity index (χ0v) is 12.4. The van der Waals surface area contributed by atoms with Crippen LogP contribution in [0.3, 0.4) is 0 Å². The van der Waals surface area contributed by atoms with Crippen molar-refractivity contribution < 1.29 is 0 Å². The third kappa shape index (κ3) is 3.02. The van der Waals surface area contributed by atoms with Crippen LogP contribution in [0.4, 0.5) is 0 Å². The summed E-state index contributed by atoms with van der Waals surface area (Å²) in [6.45, 7) is 5.21. The summed E-state index contributed by atoms with van der Waals surface area (Å²) in [7, 11) is 0. The molecule has 0 unspecified atom stereocenters. The molecule has 3 rings (SSSR count). The van der Waals surface area contributed by atoms with Crippen molar-refractivity contribution in [1.29, 1.82) is 0 Å². The third-order valence-electron chi connectivity index (χ3n) is 3.67. The van der Waals surface area contributed by atoms with E-state index in [-0.39, 0.29) is 0 Å². The highest BCUT2D eigenvalue weighted by atomic mass is 15.3. The minimum absolute atomic E-state index is 0.566. The molecular formula is C18H19N3. The van der Waals surface area contributed by atoms with Crippen molar-refractivity contribution in [2.45, 2.75) is 26.3 Å². The highest BCUT2D eigenvalue weighted by molar-refractivity contribution is 5.58. The van der Waals surface area contributed by atoms with Crippen LogP contribution in [0.25, 0.3) is 11.3 Å². The van der Waals surface area contributed by atoms with Crippen molar-refractivity contribution >= 4 is 0 Å². The quantitative estimate of drug-likeness (QED) is 0.718. The Hall–Kier alpha value is -2.42. The van der Waals surface area contributed by atoms with Crippen molar-refractivity contribution in [3.63, 3.8) is 0 Å². The van der Waals surface area contributed by atoms with Gasteiger partial charge in [0.1, 0.15) is 0 Å². The molecule has 3 heteroatoms. The van der Waals surface area contributed by atoms with Crippen LogP contribution in [0, 0.1) is 0 Å². The summed E-state index contributed by atoms with van der Waals surface area (Å²) in [6.07, 6.45) is 5.46. The molecule has 0 aliphatic carbocycles. The summed E-state index contributed by atoms with van der Waals surface area (Å²) >= 11 is 0. The Bertz CT molecular complexity index is 697. The van der Waals surface area contributed by atoms with Crippen molar-refractivity contribution in [2.24, 2.45) is 0 Å². The zero-order valence-electron chi connectivity index (χ0n) is 12.4. The van der Waals surface area contributed by atoms with Crippen LogP contribution < -0.4 is 0 Å². The van der Waals surface area contributed by atoms with Gasteiger partial charge in [-0.05, 0) is 35.2 Å². The van der Waals surface area contributed by atoms with E-state index < -0.39 is 0 Å². The Morgan fingerprint density at radius 1 is 0.905 bits per heavy atom. The van der Waals surface area contributed by atoms with Gasteiger partial charge in [0.25, 0.3) is 0 Å². The molecule has 2 aromatic heterocycles. The van der Waals surface area contributed by atoms with E-state index in [0.29, 0.717) is 5.92 Å². The van der Waals surface area contributed by atoms with E-state index in [1.165, 1.54) is 11.1 Å². The van der Waals surface area contributed by atoms with Gasteiger partial charge in [0.05, 0.1) is 12.2 Å². The molecule has 0 aliphatic heterocycles. The smallest absolute Gasteiger partial charge is 0.0687 e. The highest BCUT2D eigenvalue weighted by Gasteiger charge is 2.06.